The summed E-state index contributed by atoms with van der Waals surface area (Å²) in [5.74, 6) is 0.419. The van der Waals surface area contributed by atoms with Crippen LogP contribution in [-0.2, 0) is 4.79 Å². The Labute approximate surface area is 154 Å². The Kier molecular flexibility index (Phi) is 5.34. The Morgan fingerprint density at radius 2 is 1.83 bits per heavy atom. The molecule has 0 unspecified atom stereocenters. The van der Waals surface area contributed by atoms with E-state index in [9.17, 15) is 4.79 Å². The van der Waals surface area contributed by atoms with Crippen molar-refractivity contribution in [3.05, 3.63) is 70.2 Å². The van der Waals surface area contributed by atoms with E-state index in [0.29, 0.717) is 15.8 Å². The van der Waals surface area contributed by atoms with Gasteiger partial charge in [-0.15, -0.1) is 11.8 Å². The van der Waals surface area contributed by atoms with Gasteiger partial charge in [0, 0.05) is 20.3 Å². The van der Waals surface area contributed by atoms with Gasteiger partial charge in [-0.1, -0.05) is 47.5 Å². The summed E-state index contributed by atoms with van der Waals surface area (Å²) < 4.78 is 5.41. The first-order chi connectivity index (χ1) is 11.5. The molecule has 0 fully saturated rings. The van der Waals surface area contributed by atoms with Crippen LogP contribution in [0.2, 0.25) is 10.0 Å². The first-order valence-corrected chi connectivity index (χ1v) is 9.05. The molecule has 0 aliphatic heterocycles. The molecule has 0 aliphatic carbocycles. The highest BCUT2D eigenvalue weighted by Crippen LogP contribution is 2.33. The van der Waals surface area contributed by atoms with Gasteiger partial charge in [-0.3, -0.25) is 4.79 Å². The fraction of sp³-hybridized carbons (Fsp3) is 0.105. The molecule has 24 heavy (non-hydrogen) atoms. The van der Waals surface area contributed by atoms with Gasteiger partial charge in [0.05, 0.1) is 5.75 Å². The van der Waals surface area contributed by atoms with Crippen molar-refractivity contribution in [2.75, 3.05) is 5.75 Å². The summed E-state index contributed by atoms with van der Waals surface area (Å²) in [5, 5.41) is 3.31. The summed E-state index contributed by atoms with van der Waals surface area (Å²) in [4.78, 5) is 13.1. The summed E-state index contributed by atoms with van der Waals surface area (Å²) in [6.45, 7) is 1.85. The van der Waals surface area contributed by atoms with Crippen molar-refractivity contribution in [3.63, 3.8) is 0 Å². The average molecular weight is 377 g/mol. The number of ether oxygens (including phenoxy) is 1. The third-order valence-corrected chi connectivity index (χ3v) is 5.10. The van der Waals surface area contributed by atoms with Crippen LogP contribution in [0.1, 0.15) is 5.56 Å². The zero-order valence-electron chi connectivity index (χ0n) is 12.9. The number of hydrogen-bond donors (Lipinski definition) is 0. The lowest BCUT2D eigenvalue weighted by Crippen LogP contribution is -2.11. The van der Waals surface area contributed by atoms with Gasteiger partial charge in [0.25, 0.3) is 0 Å². The Morgan fingerprint density at radius 3 is 2.58 bits per heavy atom. The van der Waals surface area contributed by atoms with Crippen LogP contribution < -0.4 is 4.74 Å². The first kappa shape index (κ1) is 17.2. The molecule has 0 spiro atoms. The van der Waals surface area contributed by atoms with Gasteiger partial charge in [0.2, 0.25) is 0 Å². The van der Waals surface area contributed by atoms with Crippen LogP contribution in [-0.4, -0.2) is 11.7 Å². The molecule has 0 aliphatic rings. The topological polar surface area (TPSA) is 26.3 Å². The maximum absolute atomic E-state index is 12.1. The molecule has 2 nitrogen and oxygen atoms in total. The lowest BCUT2D eigenvalue weighted by molar-refractivity contribution is -0.131. The number of carbonyl (C=O) groups is 1. The van der Waals surface area contributed by atoms with Gasteiger partial charge in [0.15, 0.2) is 0 Å². The van der Waals surface area contributed by atoms with Crippen molar-refractivity contribution in [2.45, 2.75) is 11.8 Å². The largest absolute Gasteiger partial charge is 0.426 e. The molecular formula is C19H14Cl2O2S. The molecule has 0 atom stereocenters. The number of carbonyl (C=O) groups excluding carboxylic acids is 1. The summed E-state index contributed by atoms with van der Waals surface area (Å²) >= 11 is 13.6. The van der Waals surface area contributed by atoms with Gasteiger partial charge in [-0.2, -0.15) is 0 Å². The molecule has 0 saturated carbocycles. The quantitative estimate of drug-likeness (QED) is 0.310. The van der Waals surface area contributed by atoms with E-state index < -0.39 is 0 Å². The van der Waals surface area contributed by atoms with E-state index >= 15 is 0 Å². The maximum atomic E-state index is 12.1. The highest BCUT2D eigenvalue weighted by Gasteiger charge is 2.11. The van der Waals surface area contributed by atoms with Crippen LogP contribution >= 0.6 is 35.0 Å². The second-order valence-corrected chi connectivity index (χ2v) is 7.13. The second kappa shape index (κ2) is 7.47. The average Bonchev–Trinajstić information content (AvgIpc) is 2.56. The van der Waals surface area contributed by atoms with Crippen molar-refractivity contribution in [2.24, 2.45) is 0 Å². The van der Waals surface area contributed by atoms with Crippen molar-refractivity contribution >= 4 is 51.7 Å². The second-order valence-electron chi connectivity index (χ2n) is 5.27. The predicted molar refractivity (Wildman–Crippen MR) is 102 cm³/mol. The minimum absolute atomic E-state index is 0.201. The Balaban J connectivity index is 1.73. The van der Waals surface area contributed by atoms with Crippen molar-refractivity contribution < 1.29 is 9.53 Å². The summed E-state index contributed by atoms with van der Waals surface area (Å²) in [5.41, 5.74) is 0.828. The zero-order chi connectivity index (χ0) is 17.1. The molecular weight excluding hydrogens is 363 g/mol. The van der Waals surface area contributed by atoms with Crippen molar-refractivity contribution in [1.82, 2.24) is 0 Å². The van der Waals surface area contributed by atoms with E-state index in [2.05, 4.69) is 0 Å². The standard InChI is InChI=1S/C19H14Cl2O2S/c1-12-10-14(20)8-9-16(12)23-18(22)11-24-17-7-3-5-13-4-2-6-15(21)19(13)17/h2-10H,11H2,1H3. The highest BCUT2D eigenvalue weighted by atomic mass is 35.5. The Bertz CT molecular complexity index is 904. The number of rotatable bonds is 4. The molecule has 0 heterocycles. The number of halogens is 2. The SMILES string of the molecule is Cc1cc(Cl)ccc1OC(=O)CSc1cccc2cccc(Cl)c12. The third kappa shape index (κ3) is 3.86. The molecule has 5 heteroatoms. The van der Waals surface area contributed by atoms with Crippen LogP contribution in [0, 0.1) is 6.92 Å². The summed E-state index contributed by atoms with van der Waals surface area (Å²) in [6, 6.07) is 16.8. The van der Waals surface area contributed by atoms with Crippen molar-refractivity contribution in [1.29, 1.82) is 0 Å². The van der Waals surface area contributed by atoms with E-state index in [1.807, 2.05) is 43.3 Å². The third-order valence-electron chi connectivity index (χ3n) is 3.52. The van der Waals surface area contributed by atoms with Gasteiger partial charge < -0.3 is 4.74 Å². The maximum Gasteiger partial charge on any atom is 0.321 e. The van der Waals surface area contributed by atoms with Crippen molar-refractivity contribution in [3.8, 4) is 5.75 Å². The van der Waals surface area contributed by atoms with Crippen LogP contribution in [0.5, 0.6) is 5.75 Å². The normalized spacial score (nSPS) is 10.8. The van der Waals surface area contributed by atoms with E-state index in [-0.39, 0.29) is 11.7 Å². The van der Waals surface area contributed by atoms with E-state index in [0.717, 1.165) is 21.2 Å². The molecule has 0 saturated heterocycles. The number of esters is 1. The van der Waals surface area contributed by atoms with E-state index in [1.54, 1.807) is 18.2 Å². The molecule has 3 aromatic carbocycles. The smallest absolute Gasteiger partial charge is 0.321 e. The first-order valence-electron chi connectivity index (χ1n) is 7.31. The monoisotopic (exact) mass is 376 g/mol. The molecule has 122 valence electrons. The van der Waals surface area contributed by atoms with Crippen LogP contribution in [0.4, 0.5) is 0 Å². The Hall–Kier alpha value is -1.68. The Morgan fingerprint density at radius 1 is 1.08 bits per heavy atom. The molecule has 0 bridgehead atoms. The number of hydrogen-bond acceptors (Lipinski definition) is 3. The lowest BCUT2D eigenvalue weighted by atomic mass is 10.1. The predicted octanol–water partition coefficient (Wildman–Crippen LogP) is 6.15. The zero-order valence-corrected chi connectivity index (χ0v) is 15.2. The summed E-state index contributed by atoms with van der Waals surface area (Å²) in [6.07, 6.45) is 0. The fourth-order valence-corrected chi connectivity index (χ4v) is 3.84. The van der Waals surface area contributed by atoms with Gasteiger partial charge in [-0.05, 0) is 48.2 Å². The molecule has 0 N–H and O–H groups in total. The van der Waals surface area contributed by atoms with E-state index in [1.165, 1.54) is 11.8 Å². The van der Waals surface area contributed by atoms with E-state index in [4.69, 9.17) is 27.9 Å². The van der Waals surface area contributed by atoms with Crippen LogP contribution in [0.3, 0.4) is 0 Å². The fourth-order valence-electron chi connectivity index (χ4n) is 2.40. The molecule has 0 radical (unpaired) electrons. The molecule has 3 rings (SSSR count). The molecule has 3 aromatic rings. The lowest BCUT2D eigenvalue weighted by Gasteiger charge is -2.09. The number of fused-ring (bicyclic) bond motifs is 1. The minimum Gasteiger partial charge on any atom is -0.426 e. The number of thioether (sulfide) groups is 1. The van der Waals surface area contributed by atoms with Crippen LogP contribution in [0.25, 0.3) is 10.8 Å². The highest BCUT2D eigenvalue weighted by molar-refractivity contribution is 8.00. The molecule has 0 amide bonds. The van der Waals surface area contributed by atoms with Crippen LogP contribution in [0.15, 0.2) is 59.5 Å². The van der Waals surface area contributed by atoms with Gasteiger partial charge >= 0.3 is 5.97 Å². The number of aryl methyl sites for hydroxylation is 1. The van der Waals surface area contributed by atoms with Gasteiger partial charge in [0.1, 0.15) is 5.75 Å². The number of benzene rings is 3. The molecule has 0 aromatic heterocycles. The minimum atomic E-state index is -0.311. The summed E-state index contributed by atoms with van der Waals surface area (Å²) in [7, 11) is 0. The van der Waals surface area contributed by atoms with Gasteiger partial charge in [-0.25, -0.2) is 0 Å².